The normalized spacial score (nSPS) is 11.4. The van der Waals surface area contributed by atoms with Crippen molar-refractivity contribution in [1.29, 1.82) is 0 Å². The number of aromatic nitrogens is 2. The number of anilines is 2. The summed E-state index contributed by atoms with van der Waals surface area (Å²) in [6.45, 7) is 4.58. The van der Waals surface area contributed by atoms with Gasteiger partial charge in [0.25, 0.3) is 10.0 Å². The molecule has 0 amide bonds. The molecule has 0 aliphatic rings. The number of pyridine rings is 1. The monoisotopic (exact) mass is 510 g/mol. The summed E-state index contributed by atoms with van der Waals surface area (Å²) in [4.78, 5) is 8.51. The van der Waals surface area contributed by atoms with E-state index in [1.165, 1.54) is 36.3 Å². The van der Waals surface area contributed by atoms with Crippen LogP contribution in [0.15, 0.2) is 71.2 Å². The van der Waals surface area contributed by atoms with Gasteiger partial charge < -0.3 is 15.2 Å². The van der Waals surface area contributed by atoms with E-state index in [1.54, 1.807) is 24.3 Å². The first-order valence-electron chi connectivity index (χ1n) is 10.9. The van der Waals surface area contributed by atoms with Crippen molar-refractivity contribution in [3.8, 4) is 22.8 Å². The standard InChI is InChI=1S/C25H26N4O4S2/c1-16(2)17-7-9-18(10-8-17)21-15-34-25(28-21)29-35(31,32)23-12-11-20(14-27-23)26-13-19-5-4-6-22(33-3)24(19)30/h4-12,14-16,26,30H,13H2,1-3H3,(H,28,29). The molecule has 35 heavy (non-hydrogen) atoms. The molecule has 10 heteroatoms. The highest BCUT2D eigenvalue weighted by Gasteiger charge is 2.18. The first-order valence-corrected chi connectivity index (χ1v) is 13.3. The van der Waals surface area contributed by atoms with Crippen molar-refractivity contribution in [1.82, 2.24) is 9.97 Å². The van der Waals surface area contributed by atoms with Gasteiger partial charge >= 0.3 is 0 Å². The largest absolute Gasteiger partial charge is 0.504 e. The number of nitrogens with zero attached hydrogens (tertiary/aromatic N) is 2. The molecule has 0 saturated heterocycles. The van der Waals surface area contributed by atoms with Crippen LogP contribution in [0.4, 0.5) is 10.8 Å². The topological polar surface area (TPSA) is 113 Å². The number of para-hydroxylation sites is 1. The molecule has 3 N–H and O–H groups in total. The fourth-order valence-electron chi connectivity index (χ4n) is 3.38. The summed E-state index contributed by atoms with van der Waals surface area (Å²) >= 11 is 1.21. The summed E-state index contributed by atoms with van der Waals surface area (Å²) in [7, 11) is -2.41. The molecule has 2 aromatic heterocycles. The number of benzene rings is 2. The molecule has 0 aliphatic carbocycles. The third kappa shape index (κ3) is 5.72. The molecule has 0 saturated carbocycles. The zero-order chi connectivity index (χ0) is 25.0. The van der Waals surface area contributed by atoms with E-state index < -0.39 is 10.0 Å². The van der Waals surface area contributed by atoms with Gasteiger partial charge in [0.2, 0.25) is 0 Å². The highest BCUT2D eigenvalue weighted by Crippen LogP contribution is 2.30. The number of hydrogen-bond acceptors (Lipinski definition) is 8. The summed E-state index contributed by atoms with van der Waals surface area (Å²) in [5.74, 6) is 0.871. The fraction of sp³-hybridized carbons (Fsp3) is 0.200. The molecule has 182 valence electrons. The maximum absolute atomic E-state index is 12.8. The number of thiazole rings is 1. The van der Waals surface area contributed by atoms with Crippen LogP contribution >= 0.6 is 11.3 Å². The van der Waals surface area contributed by atoms with Crippen LogP contribution < -0.4 is 14.8 Å². The van der Waals surface area contributed by atoms with Gasteiger partial charge in [0.1, 0.15) is 0 Å². The molecule has 2 heterocycles. The number of rotatable bonds is 9. The Balaban J connectivity index is 1.41. The van der Waals surface area contributed by atoms with Gasteiger partial charge in [-0.1, -0.05) is 50.2 Å². The van der Waals surface area contributed by atoms with E-state index in [0.29, 0.717) is 35.2 Å². The van der Waals surface area contributed by atoms with Gasteiger partial charge in [0, 0.05) is 23.1 Å². The van der Waals surface area contributed by atoms with Crippen molar-refractivity contribution in [3.63, 3.8) is 0 Å². The van der Waals surface area contributed by atoms with E-state index in [1.807, 2.05) is 17.5 Å². The molecule has 4 aromatic rings. The minimum absolute atomic E-state index is 0.0533. The molecular weight excluding hydrogens is 484 g/mol. The van der Waals surface area contributed by atoms with E-state index in [-0.39, 0.29) is 15.9 Å². The lowest BCUT2D eigenvalue weighted by atomic mass is 10.0. The van der Waals surface area contributed by atoms with Crippen LogP contribution in [0.2, 0.25) is 0 Å². The second-order valence-corrected chi connectivity index (χ2v) is 10.6. The van der Waals surface area contributed by atoms with Gasteiger partial charge in [-0.25, -0.2) is 9.97 Å². The number of hydrogen-bond donors (Lipinski definition) is 3. The van der Waals surface area contributed by atoms with Crippen LogP contribution in [0.1, 0.15) is 30.9 Å². The molecule has 0 aliphatic heterocycles. The second-order valence-electron chi connectivity index (χ2n) is 8.13. The lowest BCUT2D eigenvalue weighted by Crippen LogP contribution is -2.14. The van der Waals surface area contributed by atoms with Gasteiger partial charge in [-0.05, 0) is 29.7 Å². The van der Waals surface area contributed by atoms with Crippen LogP contribution in [0.25, 0.3) is 11.3 Å². The Morgan fingerprint density at radius 1 is 1.09 bits per heavy atom. The summed E-state index contributed by atoms with van der Waals surface area (Å²) < 4.78 is 33.2. The van der Waals surface area contributed by atoms with Crippen molar-refractivity contribution in [2.24, 2.45) is 0 Å². The Bertz CT molecular complexity index is 1400. The predicted molar refractivity (Wildman–Crippen MR) is 139 cm³/mol. The first-order chi connectivity index (χ1) is 16.8. The molecule has 0 atom stereocenters. The average molecular weight is 511 g/mol. The third-order valence-electron chi connectivity index (χ3n) is 5.40. The van der Waals surface area contributed by atoms with E-state index in [4.69, 9.17) is 4.74 Å². The van der Waals surface area contributed by atoms with E-state index in [9.17, 15) is 13.5 Å². The lowest BCUT2D eigenvalue weighted by molar-refractivity contribution is 0.371. The minimum atomic E-state index is -3.90. The highest BCUT2D eigenvalue weighted by molar-refractivity contribution is 7.92. The molecule has 0 bridgehead atoms. The number of phenolic OH excluding ortho intramolecular Hbond substituents is 1. The number of phenols is 1. The number of methoxy groups -OCH3 is 1. The predicted octanol–water partition coefficient (Wildman–Crippen LogP) is 5.46. The third-order valence-corrected chi connectivity index (χ3v) is 7.54. The SMILES string of the molecule is COc1cccc(CNc2ccc(S(=O)(=O)Nc3nc(-c4ccc(C(C)C)cc4)cs3)nc2)c1O. The van der Waals surface area contributed by atoms with Crippen molar-refractivity contribution < 1.29 is 18.3 Å². The van der Waals surface area contributed by atoms with Crippen LogP contribution in [-0.4, -0.2) is 30.6 Å². The summed E-state index contributed by atoms with van der Waals surface area (Å²) in [6, 6.07) is 16.3. The summed E-state index contributed by atoms with van der Waals surface area (Å²) in [5, 5.41) is 15.3. The van der Waals surface area contributed by atoms with Gasteiger partial charge in [-0.2, -0.15) is 8.42 Å². The van der Waals surface area contributed by atoms with Crippen LogP contribution in [-0.2, 0) is 16.6 Å². The average Bonchev–Trinajstić information content (AvgIpc) is 3.31. The van der Waals surface area contributed by atoms with E-state index in [2.05, 4.69) is 46.0 Å². The van der Waals surface area contributed by atoms with Gasteiger partial charge in [0.15, 0.2) is 21.7 Å². The highest BCUT2D eigenvalue weighted by atomic mass is 32.2. The van der Waals surface area contributed by atoms with Crippen LogP contribution in [0, 0.1) is 0 Å². The molecular formula is C25H26N4O4S2. The zero-order valence-corrected chi connectivity index (χ0v) is 21.2. The molecule has 8 nitrogen and oxygen atoms in total. The molecule has 4 rings (SSSR count). The number of ether oxygens (including phenoxy) is 1. The fourth-order valence-corrected chi connectivity index (χ4v) is 5.28. The van der Waals surface area contributed by atoms with Crippen molar-refractivity contribution in [3.05, 3.63) is 77.3 Å². The Morgan fingerprint density at radius 2 is 1.86 bits per heavy atom. The quantitative estimate of drug-likeness (QED) is 0.274. The number of nitrogens with one attached hydrogen (secondary N) is 2. The molecule has 0 fully saturated rings. The van der Waals surface area contributed by atoms with Crippen molar-refractivity contribution in [2.75, 3.05) is 17.1 Å². The summed E-state index contributed by atoms with van der Waals surface area (Å²) in [6.07, 6.45) is 1.43. The minimum Gasteiger partial charge on any atom is -0.504 e. The van der Waals surface area contributed by atoms with Gasteiger partial charge in [-0.15, -0.1) is 11.3 Å². The second kappa shape index (κ2) is 10.3. The first kappa shape index (κ1) is 24.5. The van der Waals surface area contributed by atoms with Crippen molar-refractivity contribution in [2.45, 2.75) is 31.3 Å². The van der Waals surface area contributed by atoms with Crippen molar-refractivity contribution >= 4 is 32.2 Å². The Hall–Kier alpha value is -3.63. The summed E-state index contributed by atoms with van der Waals surface area (Å²) in [5.41, 5.74) is 4.10. The molecule has 2 aromatic carbocycles. The Morgan fingerprint density at radius 3 is 2.51 bits per heavy atom. The van der Waals surface area contributed by atoms with Gasteiger partial charge in [0.05, 0.1) is 24.7 Å². The molecule has 0 spiro atoms. The molecule has 0 unspecified atom stereocenters. The smallest absolute Gasteiger partial charge is 0.281 e. The number of aromatic hydroxyl groups is 1. The van der Waals surface area contributed by atoms with Crippen LogP contribution in [0.5, 0.6) is 11.5 Å². The maximum atomic E-state index is 12.8. The maximum Gasteiger partial charge on any atom is 0.281 e. The van der Waals surface area contributed by atoms with E-state index in [0.717, 1.165) is 5.56 Å². The zero-order valence-electron chi connectivity index (χ0n) is 19.5. The Kier molecular flexibility index (Phi) is 7.23. The Labute approximate surface area is 208 Å². The lowest BCUT2D eigenvalue weighted by Gasteiger charge is -2.11. The van der Waals surface area contributed by atoms with E-state index >= 15 is 0 Å². The molecule has 0 radical (unpaired) electrons. The number of sulfonamides is 1. The van der Waals surface area contributed by atoms with Crippen LogP contribution in [0.3, 0.4) is 0 Å². The van der Waals surface area contributed by atoms with Gasteiger partial charge in [-0.3, -0.25) is 4.72 Å².